The Kier molecular flexibility index (Phi) is 6.59. The third kappa shape index (κ3) is 4.81. The van der Waals surface area contributed by atoms with Crippen LogP contribution in [0.3, 0.4) is 0 Å². The van der Waals surface area contributed by atoms with Crippen LogP contribution in [0.4, 0.5) is 21.8 Å². The molecule has 1 aliphatic carbocycles. The second-order valence-corrected chi connectivity index (χ2v) is 11.5. The average molecular weight is 554 g/mol. The van der Waals surface area contributed by atoms with Crippen molar-refractivity contribution in [1.29, 1.82) is 0 Å². The number of nitrogen functional groups attached to an aromatic ring is 1. The van der Waals surface area contributed by atoms with Crippen molar-refractivity contribution >= 4 is 39.5 Å². The smallest absolute Gasteiger partial charge is 0.208 e. The first-order valence-corrected chi connectivity index (χ1v) is 14.5. The number of hydrogen-bond donors (Lipinski definition) is 2. The lowest BCUT2D eigenvalue weighted by molar-refractivity contribution is 0.0828. The number of aromatic nitrogens is 5. The third-order valence-corrected chi connectivity index (χ3v) is 9.05. The zero-order valence-corrected chi connectivity index (χ0v) is 23.6. The highest BCUT2D eigenvalue weighted by molar-refractivity contribution is 6.00. The molecule has 41 heavy (non-hydrogen) atoms. The number of anilines is 3. The highest BCUT2D eigenvalue weighted by Crippen LogP contribution is 2.39. The van der Waals surface area contributed by atoms with Crippen molar-refractivity contribution < 1.29 is 4.39 Å². The fraction of sp³-hybridized carbons (Fsp3) is 0.387. The monoisotopic (exact) mass is 553 g/mol. The molecule has 2 aliphatic rings. The maximum Gasteiger partial charge on any atom is 0.208 e. The average Bonchev–Trinajstić information content (AvgIpc) is 3.53. The molecule has 0 unspecified atom stereocenters. The van der Waals surface area contributed by atoms with Crippen LogP contribution in [0.1, 0.15) is 31.7 Å². The standard InChI is InChI=1S/C31H36FN9/c1-38-13-15-40(16-14-38)23-8-10-24(11-9-23)41-18-25(28-29(33)34-19-35-30(28)41)20-3-6-22(7-4-20)36-31-37-26-12-5-21(32)17-27(26)39(31)2/h3-7,12,17-19,23-24H,8-11,13-16H2,1-2H3,(H,36,37)(H2,33,34,35)/t23-,24+. The molecule has 0 radical (unpaired) electrons. The van der Waals surface area contributed by atoms with Crippen LogP contribution in [0, 0.1) is 5.82 Å². The SMILES string of the molecule is CN1CCN([C@H]2CC[C@@H](n3cc(-c4ccc(Nc5nc6ccc(F)cc6n5C)cc4)c4c(N)ncnc43)CC2)CC1. The van der Waals surface area contributed by atoms with E-state index < -0.39 is 0 Å². The van der Waals surface area contributed by atoms with Crippen LogP contribution in [-0.2, 0) is 7.05 Å². The van der Waals surface area contributed by atoms with Crippen LogP contribution in [0.15, 0.2) is 55.0 Å². The van der Waals surface area contributed by atoms with Crippen molar-refractivity contribution in [1.82, 2.24) is 33.9 Å². The van der Waals surface area contributed by atoms with Gasteiger partial charge in [-0.3, -0.25) is 4.90 Å². The molecule has 0 bridgehead atoms. The zero-order chi connectivity index (χ0) is 28.1. The lowest BCUT2D eigenvalue weighted by Gasteiger charge is -2.41. The van der Waals surface area contributed by atoms with E-state index in [9.17, 15) is 4.39 Å². The predicted octanol–water partition coefficient (Wildman–Crippen LogP) is 5.18. The highest BCUT2D eigenvalue weighted by atomic mass is 19.1. The molecule has 0 amide bonds. The summed E-state index contributed by atoms with van der Waals surface area (Å²) in [5, 5.41) is 4.28. The minimum atomic E-state index is -0.276. The number of rotatable bonds is 5. The van der Waals surface area contributed by atoms with E-state index in [1.165, 1.54) is 38.1 Å². The number of aryl methyl sites for hydroxylation is 1. The van der Waals surface area contributed by atoms with E-state index in [0.29, 0.717) is 23.8 Å². The van der Waals surface area contributed by atoms with Crippen molar-refractivity contribution in [3.63, 3.8) is 0 Å². The molecule has 3 aromatic heterocycles. The molecular formula is C31H36FN9. The molecule has 2 aromatic carbocycles. The van der Waals surface area contributed by atoms with E-state index in [2.05, 4.69) is 55.0 Å². The number of hydrogen-bond acceptors (Lipinski definition) is 7. The molecule has 3 N–H and O–H groups in total. The number of fused-ring (bicyclic) bond motifs is 2. The lowest BCUT2D eigenvalue weighted by Crippen LogP contribution is -2.49. The third-order valence-electron chi connectivity index (χ3n) is 9.05. The second-order valence-electron chi connectivity index (χ2n) is 11.5. The number of halogens is 1. The van der Waals surface area contributed by atoms with Gasteiger partial charge in [-0.1, -0.05) is 12.1 Å². The second kappa shape index (κ2) is 10.4. The summed E-state index contributed by atoms with van der Waals surface area (Å²) in [5.41, 5.74) is 11.8. The van der Waals surface area contributed by atoms with Gasteiger partial charge < -0.3 is 25.1 Å². The van der Waals surface area contributed by atoms with E-state index in [1.807, 2.05) is 23.7 Å². The van der Waals surface area contributed by atoms with Gasteiger partial charge in [0, 0.05) is 62.8 Å². The Labute approximate surface area is 238 Å². The summed E-state index contributed by atoms with van der Waals surface area (Å²) >= 11 is 0. The molecule has 10 heteroatoms. The lowest BCUT2D eigenvalue weighted by atomic mass is 9.89. The molecule has 0 spiro atoms. The molecule has 1 saturated heterocycles. The minimum absolute atomic E-state index is 0.276. The largest absolute Gasteiger partial charge is 0.383 e. The van der Waals surface area contributed by atoms with E-state index in [1.54, 1.807) is 12.4 Å². The van der Waals surface area contributed by atoms with Crippen molar-refractivity contribution in [2.24, 2.45) is 7.05 Å². The number of imidazole rings is 1. The summed E-state index contributed by atoms with van der Waals surface area (Å²) in [6.07, 6.45) is 8.48. The maximum atomic E-state index is 13.7. The van der Waals surface area contributed by atoms with Gasteiger partial charge in [-0.25, -0.2) is 19.3 Å². The van der Waals surface area contributed by atoms with Gasteiger partial charge in [0.1, 0.15) is 23.6 Å². The van der Waals surface area contributed by atoms with E-state index in [-0.39, 0.29) is 5.82 Å². The highest BCUT2D eigenvalue weighted by Gasteiger charge is 2.30. The van der Waals surface area contributed by atoms with E-state index in [0.717, 1.165) is 64.8 Å². The molecular weight excluding hydrogens is 517 g/mol. The Balaban J connectivity index is 1.13. The van der Waals surface area contributed by atoms with Gasteiger partial charge in [0.25, 0.3) is 0 Å². The summed E-state index contributed by atoms with van der Waals surface area (Å²) < 4.78 is 17.9. The van der Waals surface area contributed by atoms with Crippen LogP contribution in [-0.4, -0.2) is 73.2 Å². The molecule has 2 fully saturated rings. The fourth-order valence-electron chi connectivity index (χ4n) is 6.63. The first kappa shape index (κ1) is 25.9. The Morgan fingerprint density at radius 1 is 0.902 bits per heavy atom. The van der Waals surface area contributed by atoms with Gasteiger partial charge in [-0.15, -0.1) is 0 Å². The summed E-state index contributed by atoms with van der Waals surface area (Å²) in [4.78, 5) is 18.8. The zero-order valence-electron chi connectivity index (χ0n) is 23.6. The molecule has 9 nitrogen and oxygen atoms in total. The van der Waals surface area contributed by atoms with Crippen LogP contribution >= 0.6 is 0 Å². The normalized spacial score (nSPS) is 20.7. The number of nitrogens with one attached hydrogen (secondary N) is 1. The summed E-state index contributed by atoms with van der Waals surface area (Å²) in [6.45, 7) is 4.67. The number of likely N-dealkylation sites (N-methyl/N-ethyl adjacent to an activating group) is 1. The van der Waals surface area contributed by atoms with Crippen molar-refractivity contribution in [3.05, 3.63) is 60.8 Å². The summed E-state index contributed by atoms with van der Waals surface area (Å²) in [7, 11) is 4.09. The molecule has 1 aliphatic heterocycles. The van der Waals surface area contributed by atoms with E-state index in [4.69, 9.17) is 10.7 Å². The van der Waals surface area contributed by atoms with Crippen molar-refractivity contribution in [2.45, 2.75) is 37.8 Å². The molecule has 0 atom stereocenters. The van der Waals surface area contributed by atoms with Crippen LogP contribution in [0.2, 0.25) is 0 Å². The fourth-order valence-corrected chi connectivity index (χ4v) is 6.63. The Morgan fingerprint density at radius 2 is 1.63 bits per heavy atom. The number of piperazine rings is 1. The summed E-state index contributed by atoms with van der Waals surface area (Å²) in [6, 6.07) is 13.9. The van der Waals surface area contributed by atoms with Crippen molar-refractivity contribution in [3.8, 4) is 11.1 Å². The first-order valence-electron chi connectivity index (χ1n) is 14.5. The Bertz CT molecular complexity index is 1690. The van der Waals surface area contributed by atoms with Gasteiger partial charge in [-0.05, 0) is 68.6 Å². The van der Waals surface area contributed by atoms with Crippen LogP contribution < -0.4 is 11.1 Å². The minimum Gasteiger partial charge on any atom is -0.383 e. The van der Waals surface area contributed by atoms with Crippen LogP contribution in [0.25, 0.3) is 33.2 Å². The van der Waals surface area contributed by atoms with Gasteiger partial charge in [0.2, 0.25) is 5.95 Å². The molecule has 1 saturated carbocycles. The number of nitrogens with two attached hydrogens (primary N) is 1. The number of benzene rings is 2. The summed E-state index contributed by atoms with van der Waals surface area (Å²) in [5.74, 6) is 0.880. The molecule has 5 aromatic rings. The molecule has 4 heterocycles. The predicted molar refractivity (Wildman–Crippen MR) is 162 cm³/mol. The topological polar surface area (TPSA) is 93.1 Å². The van der Waals surface area contributed by atoms with Crippen molar-refractivity contribution in [2.75, 3.05) is 44.3 Å². The molecule has 212 valence electrons. The van der Waals surface area contributed by atoms with Gasteiger partial charge in [0.15, 0.2) is 0 Å². The Hall–Kier alpha value is -4.02. The molecule has 7 rings (SSSR count). The quantitative estimate of drug-likeness (QED) is 0.310. The maximum absolute atomic E-state index is 13.7. The van der Waals surface area contributed by atoms with Crippen LogP contribution in [0.5, 0.6) is 0 Å². The number of nitrogens with zero attached hydrogens (tertiary/aromatic N) is 7. The Morgan fingerprint density at radius 3 is 2.39 bits per heavy atom. The first-order chi connectivity index (χ1) is 19.9. The van der Waals surface area contributed by atoms with Gasteiger partial charge in [-0.2, -0.15) is 0 Å². The van der Waals surface area contributed by atoms with Gasteiger partial charge in [0.05, 0.1) is 16.4 Å². The van der Waals surface area contributed by atoms with Gasteiger partial charge >= 0.3 is 0 Å². The van der Waals surface area contributed by atoms with E-state index >= 15 is 0 Å².